The molecule has 0 aromatic heterocycles. The molecule has 0 saturated carbocycles. The zero-order chi connectivity index (χ0) is 13.7. The number of methoxy groups -OCH3 is 1. The number of oxime groups is 1. The molecule has 0 spiro atoms. The molecule has 0 unspecified atom stereocenters. The lowest BCUT2D eigenvalue weighted by Crippen LogP contribution is -2.26. The summed E-state index contributed by atoms with van der Waals surface area (Å²) in [7, 11) is 3.59. The van der Waals surface area contributed by atoms with E-state index in [-0.39, 0.29) is 5.84 Å². The fraction of sp³-hybridized carbons (Fsp3) is 0.462. The molecule has 0 aliphatic rings. The van der Waals surface area contributed by atoms with Crippen molar-refractivity contribution in [2.45, 2.75) is 13.8 Å². The van der Waals surface area contributed by atoms with Gasteiger partial charge in [-0.15, -0.1) is 0 Å². The summed E-state index contributed by atoms with van der Waals surface area (Å²) in [6.07, 6.45) is 0. The molecule has 1 aromatic carbocycles. The van der Waals surface area contributed by atoms with Crippen molar-refractivity contribution in [3.05, 3.63) is 23.8 Å². The highest BCUT2D eigenvalue weighted by Crippen LogP contribution is 2.26. The third-order valence-electron chi connectivity index (χ3n) is 2.64. The minimum Gasteiger partial charge on any atom is -0.497 e. The van der Waals surface area contributed by atoms with Gasteiger partial charge in [-0.1, -0.05) is 19.0 Å². The van der Waals surface area contributed by atoms with E-state index in [1.54, 1.807) is 19.2 Å². The lowest BCUT2D eigenvalue weighted by molar-refractivity contribution is 0.318. The van der Waals surface area contributed by atoms with Crippen molar-refractivity contribution in [3.63, 3.8) is 0 Å². The molecule has 0 aliphatic carbocycles. The number of nitrogens with two attached hydrogens (primary N) is 1. The summed E-state index contributed by atoms with van der Waals surface area (Å²) in [6.45, 7) is 5.15. The Hall–Kier alpha value is -1.91. The van der Waals surface area contributed by atoms with E-state index in [1.807, 2.05) is 13.1 Å². The minimum absolute atomic E-state index is 0.100. The molecular formula is C13H21N3O2. The fourth-order valence-electron chi connectivity index (χ4n) is 1.87. The van der Waals surface area contributed by atoms with E-state index in [0.717, 1.165) is 18.0 Å². The molecule has 5 heteroatoms. The van der Waals surface area contributed by atoms with Crippen LogP contribution in [0.5, 0.6) is 5.75 Å². The number of anilines is 1. The first kappa shape index (κ1) is 14.2. The molecule has 0 radical (unpaired) electrons. The van der Waals surface area contributed by atoms with Gasteiger partial charge in [0.15, 0.2) is 5.84 Å². The lowest BCUT2D eigenvalue weighted by atomic mass is 10.1. The Kier molecular flexibility index (Phi) is 4.83. The maximum atomic E-state index is 8.82. The molecule has 100 valence electrons. The lowest BCUT2D eigenvalue weighted by Gasteiger charge is -2.24. The van der Waals surface area contributed by atoms with Crippen LogP contribution >= 0.6 is 0 Å². The summed E-state index contributed by atoms with van der Waals surface area (Å²) in [5.74, 6) is 1.36. The van der Waals surface area contributed by atoms with Crippen LogP contribution in [0.1, 0.15) is 19.4 Å². The Bertz CT molecular complexity index is 430. The second-order valence-corrected chi connectivity index (χ2v) is 4.64. The van der Waals surface area contributed by atoms with Gasteiger partial charge in [0.2, 0.25) is 0 Å². The number of hydrogen-bond acceptors (Lipinski definition) is 4. The third-order valence-corrected chi connectivity index (χ3v) is 2.64. The molecule has 0 atom stereocenters. The van der Waals surface area contributed by atoms with Gasteiger partial charge in [-0.2, -0.15) is 0 Å². The molecule has 0 saturated heterocycles. The first-order chi connectivity index (χ1) is 8.49. The Morgan fingerprint density at radius 2 is 2.17 bits per heavy atom. The Balaban J connectivity index is 3.19. The second-order valence-electron chi connectivity index (χ2n) is 4.64. The van der Waals surface area contributed by atoms with Crippen molar-refractivity contribution >= 4 is 11.5 Å². The smallest absolute Gasteiger partial charge is 0.172 e. The van der Waals surface area contributed by atoms with Gasteiger partial charge in [0.05, 0.1) is 12.8 Å². The molecule has 0 amide bonds. The van der Waals surface area contributed by atoms with Crippen LogP contribution in [0.3, 0.4) is 0 Å². The zero-order valence-electron chi connectivity index (χ0n) is 11.3. The summed E-state index contributed by atoms with van der Waals surface area (Å²) in [4.78, 5) is 2.07. The van der Waals surface area contributed by atoms with Crippen LogP contribution < -0.4 is 15.4 Å². The number of benzene rings is 1. The molecule has 0 fully saturated rings. The monoisotopic (exact) mass is 251 g/mol. The van der Waals surface area contributed by atoms with Crippen molar-refractivity contribution in [2.24, 2.45) is 16.8 Å². The van der Waals surface area contributed by atoms with Gasteiger partial charge in [0, 0.05) is 25.2 Å². The fourth-order valence-corrected chi connectivity index (χ4v) is 1.87. The first-order valence-electron chi connectivity index (χ1n) is 5.86. The molecule has 18 heavy (non-hydrogen) atoms. The molecule has 5 nitrogen and oxygen atoms in total. The average molecular weight is 251 g/mol. The highest BCUT2D eigenvalue weighted by Gasteiger charge is 2.13. The predicted molar refractivity (Wildman–Crippen MR) is 73.6 cm³/mol. The highest BCUT2D eigenvalue weighted by atomic mass is 16.5. The quantitative estimate of drug-likeness (QED) is 0.363. The van der Waals surface area contributed by atoms with E-state index in [0.29, 0.717) is 11.5 Å². The second kappa shape index (κ2) is 6.14. The Morgan fingerprint density at radius 1 is 1.50 bits per heavy atom. The van der Waals surface area contributed by atoms with Crippen molar-refractivity contribution in [1.82, 2.24) is 0 Å². The van der Waals surface area contributed by atoms with Crippen molar-refractivity contribution < 1.29 is 9.94 Å². The SMILES string of the molecule is COc1ccc(/C(N)=N/O)c(N(C)CC(C)C)c1. The topological polar surface area (TPSA) is 71.1 Å². The predicted octanol–water partition coefficient (Wildman–Crippen LogP) is 1.88. The van der Waals surface area contributed by atoms with Crippen LogP contribution in [0.15, 0.2) is 23.4 Å². The molecule has 3 N–H and O–H groups in total. The van der Waals surface area contributed by atoms with Gasteiger partial charge in [-0.25, -0.2) is 0 Å². The van der Waals surface area contributed by atoms with Crippen LogP contribution in [0, 0.1) is 5.92 Å². The van der Waals surface area contributed by atoms with Crippen LogP contribution in [0.4, 0.5) is 5.69 Å². The van der Waals surface area contributed by atoms with E-state index in [1.165, 1.54) is 0 Å². The van der Waals surface area contributed by atoms with Gasteiger partial charge >= 0.3 is 0 Å². The number of hydrogen-bond donors (Lipinski definition) is 2. The van der Waals surface area contributed by atoms with Crippen LogP contribution in [0.25, 0.3) is 0 Å². The van der Waals surface area contributed by atoms with E-state index >= 15 is 0 Å². The normalized spacial score (nSPS) is 11.7. The summed E-state index contributed by atoms with van der Waals surface area (Å²) >= 11 is 0. The van der Waals surface area contributed by atoms with E-state index in [2.05, 4.69) is 23.9 Å². The van der Waals surface area contributed by atoms with Crippen molar-refractivity contribution in [2.75, 3.05) is 25.6 Å². The van der Waals surface area contributed by atoms with Crippen LogP contribution in [-0.2, 0) is 0 Å². The van der Waals surface area contributed by atoms with Crippen LogP contribution in [0.2, 0.25) is 0 Å². The van der Waals surface area contributed by atoms with Gasteiger partial charge < -0.3 is 20.6 Å². The maximum Gasteiger partial charge on any atom is 0.172 e. The highest BCUT2D eigenvalue weighted by molar-refractivity contribution is 6.02. The molecule has 1 rings (SSSR count). The van der Waals surface area contributed by atoms with Gasteiger partial charge in [0.25, 0.3) is 0 Å². The summed E-state index contributed by atoms with van der Waals surface area (Å²) in [5, 5.41) is 11.9. The molecule has 0 bridgehead atoms. The number of nitrogens with zero attached hydrogens (tertiary/aromatic N) is 2. The summed E-state index contributed by atoms with van der Waals surface area (Å²) in [6, 6.07) is 5.47. The van der Waals surface area contributed by atoms with Gasteiger partial charge in [0.1, 0.15) is 5.75 Å². The minimum atomic E-state index is 0.100. The first-order valence-corrected chi connectivity index (χ1v) is 5.86. The van der Waals surface area contributed by atoms with Gasteiger partial charge in [-0.3, -0.25) is 0 Å². The van der Waals surface area contributed by atoms with Gasteiger partial charge in [-0.05, 0) is 18.1 Å². The number of amidine groups is 1. The maximum absolute atomic E-state index is 8.82. The van der Waals surface area contributed by atoms with E-state index < -0.39 is 0 Å². The largest absolute Gasteiger partial charge is 0.497 e. The molecule has 0 heterocycles. The third kappa shape index (κ3) is 3.29. The summed E-state index contributed by atoms with van der Waals surface area (Å²) < 4.78 is 5.21. The van der Waals surface area contributed by atoms with E-state index in [4.69, 9.17) is 15.7 Å². The average Bonchev–Trinajstić information content (AvgIpc) is 2.36. The molecule has 1 aromatic rings. The molecule has 0 aliphatic heterocycles. The summed E-state index contributed by atoms with van der Waals surface area (Å²) in [5.41, 5.74) is 7.27. The number of rotatable bonds is 5. The van der Waals surface area contributed by atoms with E-state index in [9.17, 15) is 0 Å². The van der Waals surface area contributed by atoms with Crippen molar-refractivity contribution in [3.8, 4) is 5.75 Å². The van der Waals surface area contributed by atoms with Crippen molar-refractivity contribution in [1.29, 1.82) is 0 Å². The Morgan fingerprint density at radius 3 is 2.67 bits per heavy atom. The molecular weight excluding hydrogens is 230 g/mol. The standard InChI is InChI=1S/C13H21N3O2/c1-9(2)8-16(3)12-7-10(18-4)5-6-11(12)13(14)15-17/h5-7,9,17H,8H2,1-4H3,(H2,14,15). The Labute approximate surface area is 108 Å². The number of ether oxygens (including phenoxy) is 1. The van der Waals surface area contributed by atoms with Crippen LogP contribution in [-0.4, -0.2) is 31.7 Å². The zero-order valence-corrected chi connectivity index (χ0v) is 11.3.